The second-order valence-corrected chi connectivity index (χ2v) is 4.83. The Labute approximate surface area is 106 Å². The average molecular weight is 231 g/mol. The van der Waals surface area contributed by atoms with E-state index in [1.807, 2.05) is 0 Å². The summed E-state index contributed by atoms with van der Waals surface area (Å²) in [6.45, 7) is 2.19. The van der Waals surface area contributed by atoms with Crippen LogP contribution < -0.4 is 5.32 Å². The van der Waals surface area contributed by atoms with E-state index in [9.17, 15) is 0 Å². The highest BCUT2D eigenvalue weighted by atomic mass is 14.9. The first-order valence-electron chi connectivity index (χ1n) is 6.23. The van der Waals surface area contributed by atoms with Crippen molar-refractivity contribution >= 4 is 22.1 Å². The Kier molecular flexibility index (Phi) is 1.81. The van der Waals surface area contributed by atoms with Gasteiger partial charge in [0.2, 0.25) is 0 Å². The Morgan fingerprint density at radius 3 is 2.56 bits per heavy atom. The first kappa shape index (κ1) is 9.72. The fourth-order valence-corrected chi connectivity index (χ4v) is 2.89. The number of hydrogen-bond acceptors (Lipinski definition) is 1. The van der Waals surface area contributed by atoms with Crippen LogP contribution in [0.3, 0.4) is 0 Å². The molecule has 0 bridgehead atoms. The van der Waals surface area contributed by atoms with Crippen LogP contribution in [0.25, 0.3) is 21.9 Å². The van der Waals surface area contributed by atoms with Gasteiger partial charge in [-0.1, -0.05) is 42.5 Å². The lowest BCUT2D eigenvalue weighted by Gasteiger charge is -2.23. The molecular formula is C17H13N. The zero-order valence-electron chi connectivity index (χ0n) is 10.2. The van der Waals surface area contributed by atoms with Gasteiger partial charge in [-0.25, -0.2) is 0 Å². The maximum absolute atomic E-state index is 3.53. The van der Waals surface area contributed by atoms with E-state index >= 15 is 0 Å². The molecule has 86 valence electrons. The molecule has 0 spiro atoms. The van der Waals surface area contributed by atoms with Crippen LogP contribution in [-0.4, -0.2) is 0 Å². The van der Waals surface area contributed by atoms with E-state index in [2.05, 4.69) is 66.8 Å². The van der Waals surface area contributed by atoms with Crippen molar-refractivity contribution in [3.8, 4) is 11.1 Å². The molecule has 0 aliphatic carbocycles. The van der Waals surface area contributed by atoms with Gasteiger partial charge in [-0.15, -0.1) is 0 Å². The van der Waals surface area contributed by atoms with E-state index < -0.39 is 0 Å². The normalized spacial score (nSPS) is 12.1. The van der Waals surface area contributed by atoms with Crippen molar-refractivity contribution in [1.29, 1.82) is 0 Å². The highest BCUT2D eigenvalue weighted by molar-refractivity contribution is 6.12. The fraction of sp³-hybridized carbons (Fsp3) is 0.0588. The summed E-state index contributed by atoms with van der Waals surface area (Å²) < 4.78 is 0. The Hall–Kier alpha value is -2.28. The molecule has 0 saturated heterocycles. The molecule has 1 N–H and O–H groups in total. The zero-order valence-corrected chi connectivity index (χ0v) is 10.2. The van der Waals surface area contributed by atoms with Crippen LogP contribution >= 0.6 is 0 Å². The fourth-order valence-electron chi connectivity index (χ4n) is 2.89. The van der Waals surface area contributed by atoms with Gasteiger partial charge >= 0.3 is 0 Å². The summed E-state index contributed by atoms with van der Waals surface area (Å²) >= 11 is 0. The molecule has 1 heterocycles. The molecule has 0 radical (unpaired) electrons. The summed E-state index contributed by atoms with van der Waals surface area (Å²) in [7, 11) is 0. The highest BCUT2D eigenvalue weighted by Gasteiger charge is 2.18. The van der Waals surface area contributed by atoms with Gasteiger partial charge in [-0.05, 0) is 35.6 Å². The second kappa shape index (κ2) is 3.36. The van der Waals surface area contributed by atoms with Gasteiger partial charge in [-0.3, -0.25) is 0 Å². The highest BCUT2D eigenvalue weighted by Crippen LogP contribution is 2.44. The Morgan fingerprint density at radius 2 is 1.61 bits per heavy atom. The van der Waals surface area contributed by atoms with Crippen LogP contribution in [0.4, 0.5) is 11.4 Å². The predicted octanol–water partition coefficient (Wildman–Crippen LogP) is 4.87. The Balaban J connectivity index is 2.25. The summed E-state index contributed by atoms with van der Waals surface area (Å²) in [4.78, 5) is 0. The molecule has 0 unspecified atom stereocenters. The molecule has 0 fully saturated rings. The lowest BCUT2D eigenvalue weighted by molar-refractivity contribution is 1.45. The minimum absolute atomic E-state index is 1.20. The quantitative estimate of drug-likeness (QED) is 0.455. The predicted molar refractivity (Wildman–Crippen MR) is 77.4 cm³/mol. The minimum Gasteiger partial charge on any atom is -0.354 e. The molecule has 1 aliphatic heterocycles. The summed E-state index contributed by atoms with van der Waals surface area (Å²) in [6.07, 6.45) is 0. The van der Waals surface area contributed by atoms with Crippen molar-refractivity contribution in [1.82, 2.24) is 0 Å². The molecule has 0 atom stereocenters. The average Bonchev–Trinajstić information content (AvgIpc) is 2.41. The van der Waals surface area contributed by atoms with E-state index in [0.717, 1.165) is 0 Å². The Bertz CT molecular complexity index is 772. The largest absolute Gasteiger partial charge is 0.354 e. The van der Waals surface area contributed by atoms with E-state index in [-0.39, 0.29) is 0 Å². The first-order valence-corrected chi connectivity index (χ1v) is 6.23. The SMILES string of the molecule is Cc1ccc2cccc3c2c1-c1ccccc1N3. The lowest BCUT2D eigenvalue weighted by atomic mass is 9.89. The van der Waals surface area contributed by atoms with Gasteiger partial charge in [0.1, 0.15) is 0 Å². The molecule has 0 saturated carbocycles. The summed E-state index contributed by atoms with van der Waals surface area (Å²) in [5, 5.41) is 6.18. The standard InChI is InChI=1S/C17H13N/c1-11-9-10-12-5-4-8-15-17(12)16(11)13-6-2-3-7-14(13)18-15/h2-10,18H,1H3. The van der Waals surface area contributed by atoms with Crippen molar-refractivity contribution < 1.29 is 0 Å². The second-order valence-electron chi connectivity index (χ2n) is 4.83. The summed E-state index contributed by atoms with van der Waals surface area (Å²) in [6, 6.07) is 19.4. The number of rotatable bonds is 0. The molecule has 3 aromatic carbocycles. The maximum Gasteiger partial charge on any atom is 0.0470 e. The van der Waals surface area contributed by atoms with Crippen LogP contribution in [0, 0.1) is 6.92 Å². The molecule has 4 rings (SSSR count). The molecule has 18 heavy (non-hydrogen) atoms. The Morgan fingerprint density at radius 1 is 0.778 bits per heavy atom. The maximum atomic E-state index is 3.53. The van der Waals surface area contributed by atoms with Crippen molar-refractivity contribution in [2.75, 3.05) is 5.32 Å². The van der Waals surface area contributed by atoms with E-state index in [0.29, 0.717) is 0 Å². The number of anilines is 2. The molecule has 0 amide bonds. The zero-order chi connectivity index (χ0) is 12.1. The number of fused-ring (bicyclic) bond motifs is 2. The van der Waals surface area contributed by atoms with Crippen molar-refractivity contribution in [3.05, 3.63) is 60.2 Å². The topological polar surface area (TPSA) is 12.0 Å². The molecule has 1 nitrogen and oxygen atoms in total. The van der Waals surface area contributed by atoms with Crippen molar-refractivity contribution in [2.24, 2.45) is 0 Å². The van der Waals surface area contributed by atoms with Gasteiger partial charge in [0.15, 0.2) is 0 Å². The van der Waals surface area contributed by atoms with Crippen LogP contribution in [0.5, 0.6) is 0 Å². The van der Waals surface area contributed by atoms with E-state index in [4.69, 9.17) is 0 Å². The number of aryl methyl sites for hydroxylation is 1. The summed E-state index contributed by atoms with van der Waals surface area (Å²) in [5.41, 5.74) is 6.43. The van der Waals surface area contributed by atoms with Gasteiger partial charge in [0.05, 0.1) is 0 Å². The minimum atomic E-state index is 1.20. The third-order valence-electron chi connectivity index (χ3n) is 3.72. The lowest BCUT2D eigenvalue weighted by Crippen LogP contribution is -2.01. The molecular weight excluding hydrogens is 218 g/mol. The molecule has 3 aromatic rings. The number of hydrogen-bond donors (Lipinski definition) is 1. The van der Waals surface area contributed by atoms with Crippen molar-refractivity contribution in [2.45, 2.75) is 6.92 Å². The van der Waals surface area contributed by atoms with E-state index in [1.165, 1.54) is 38.8 Å². The van der Waals surface area contributed by atoms with Crippen molar-refractivity contribution in [3.63, 3.8) is 0 Å². The monoisotopic (exact) mass is 231 g/mol. The third kappa shape index (κ3) is 1.16. The van der Waals surface area contributed by atoms with Gasteiger partial charge in [-0.2, -0.15) is 0 Å². The molecule has 0 aromatic heterocycles. The number of nitrogens with one attached hydrogen (secondary N) is 1. The molecule has 1 aliphatic rings. The van der Waals surface area contributed by atoms with E-state index in [1.54, 1.807) is 0 Å². The number of para-hydroxylation sites is 1. The smallest absolute Gasteiger partial charge is 0.0470 e. The first-order chi connectivity index (χ1) is 8.84. The van der Waals surface area contributed by atoms with Gasteiger partial charge in [0, 0.05) is 22.3 Å². The number of benzene rings is 3. The van der Waals surface area contributed by atoms with Gasteiger partial charge in [0.25, 0.3) is 0 Å². The summed E-state index contributed by atoms with van der Waals surface area (Å²) in [5.74, 6) is 0. The molecule has 1 heteroatoms. The van der Waals surface area contributed by atoms with Gasteiger partial charge < -0.3 is 5.32 Å². The van der Waals surface area contributed by atoms with Crippen LogP contribution in [0.2, 0.25) is 0 Å². The van der Waals surface area contributed by atoms with Crippen LogP contribution in [0.15, 0.2) is 54.6 Å². The van der Waals surface area contributed by atoms with Crippen LogP contribution in [-0.2, 0) is 0 Å². The van der Waals surface area contributed by atoms with Crippen LogP contribution in [0.1, 0.15) is 5.56 Å². The third-order valence-corrected chi connectivity index (χ3v) is 3.72.